The van der Waals surface area contributed by atoms with Crippen molar-refractivity contribution in [3.63, 3.8) is 0 Å². The van der Waals surface area contributed by atoms with Crippen molar-refractivity contribution in [2.75, 3.05) is 0 Å². The van der Waals surface area contributed by atoms with E-state index in [1.54, 1.807) is 0 Å². The van der Waals surface area contributed by atoms with Crippen molar-refractivity contribution >= 4 is 44.0 Å². The zero-order chi connectivity index (χ0) is 33.9. The van der Waals surface area contributed by atoms with E-state index in [0.29, 0.717) is 17.3 Å². The van der Waals surface area contributed by atoms with Gasteiger partial charge < -0.3 is 13.4 Å². The Hall–Kier alpha value is -7.23. The molecule has 3 aromatic heterocycles. The SMILES string of the molecule is N#Cc1ccccc1-n1c2ccc(-c3ccc4oc(-c5ccccc5)nc4c3)cc2c2cc(-c3ccc4oc(-c5ccccc5)nc4c3)ccc21. The highest BCUT2D eigenvalue weighted by Gasteiger charge is 2.18. The monoisotopic (exact) mass is 654 g/mol. The molecule has 0 saturated heterocycles. The fourth-order valence-electron chi connectivity index (χ4n) is 7.03. The third kappa shape index (κ3) is 4.79. The summed E-state index contributed by atoms with van der Waals surface area (Å²) in [6.45, 7) is 0. The number of nitrogens with zero attached hydrogens (tertiary/aromatic N) is 4. The molecule has 0 radical (unpaired) electrons. The summed E-state index contributed by atoms with van der Waals surface area (Å²) in [4.78, 5) is 9.63. The predicted molar refractivity (Wildman–Crippen MR) is 202 cm³/mol. The third-order valence-corrected chi connectivity index (χ3v) is 9.51. The normalized spacial score (nSPS) is 11.5. The van der Waals surface area contributed by atoms with Gasteiger partial charge in [-0.2, -0.15) is 5.26 Å². The minimum absolute atomic E-state index is 0.602. The Bertz CT molecular complexity index is 2810. The standard InChI is InChI=1S/C45H26N4O2/c46-27-34-13-7-8-14-39(34)49-40-19-15-30(32-17-21-42-37(25-32)47-44(50-42)28-9-3-1-4-10-28)23-35(40)36-24-31(16-20-41(36)49)33-18-22-43-38(26-33)48-45(51-43)29-11-5-2-6-12-29/h1-26H. The first-order valence-electron chi connectivity index (χ1n) is 16.7. The van der Waals surface area contributed by atoms with Gasteiger partial charge in [0, 0.05) is 21.9 Å². The lowest BCUT2D eigenvalue weighted by molar-refractivity contribution is 0.619. The number of para-hydroxylation sites is 1. The van der Waals surface area contributed by atoms with Gasteiger partial charge in [0.2, 0.25) is 11.8 Å². The molecule has 0 spiro atoms. The van der Waals surface area contributed by atoms with Gasteiger partial charge in [-0.1, -0.05) is 72.8 Å². The van der Waals surface area contributed by atoms with Gasteiger partial charge in [0.1, 0.15) is 17.1 Å². The second-order valence-electron chi connectivity index (χ2n) is 12.6. The molecule has 10 rings (SSSR count). The van der Waals surface area contributed by atoms with Gasteiger partial charge in [-0.15, -0.1) is 0 Å². The fraction of sp³-hybridized carbons (Fsp3) is 0. The van der Waals surface area contributed by atoms with Crippen LogP contribution in [0.5, 0.6) is 0 Å². The summed E-state index contributed by atoms with van der Waals surface area (Å²) in [7, 11) is 0. The average molecular weight is 655 g/mol. The van der Waals surface area contributed by atoms with Gasteiger partial charge >= 0.3 is 0 Å². The average Bonchev–Trinajstić information content (AvgIpc) is 3.91. The Morgan fingerprint density at radius 1 is 0.451 bits per heavy atom. The molecule has 6 nitrogen and oxygen atoms in total. The molecule has 7 aromatic carbocycles. The zero-order valence-corrected chi connectivity index (χ0v) is 27.1. The molecule has 238 valence electrons. The lowest BCUT2D eigenvalue weighted by Gasteiger charge is -2.10. The van der Waals surface area contributed by atoms with E-state index < -0.39 is 0 Å². The van der Waals surface area contributed by atoms with E-state index in [-0.39, 0.29) is 0 Å². The van der Waals surface area contributed by atoms with Crippen LogP contribution >= 0.6 is 0 Å². The smallest absolute Gasteiger partial charge is 0.227 e. The van der Waals surface area contributed by atoms with Crippen molar-refractivity contribution in [1.82, 2.24) is 14.5 Å². The number of rotatable bonds is 5. The highest BCUT2D eigenvalue weighted by molar-refractivity contribution is 6.12. The van der Waals surface area contributed by atoms with Gasteiger partial charge in [-0.3, -0.25) is 0 Å². The largest absolute Gasteiger partial charge is 0.436 e. The minimum Gasteiger partial charge on any atom is -0.436 e. The zero-order valence-electron chi connectivity index (χ0n) is 27.1. The second-order valence-corrected chi connectivity index (χ2v) is 12.6. The first-order valence-corrected chi connectivity index (χ1v) is 16.7. The summed E-state index contributed by atoms with van der Waals surface area (Å²) in [5.74, 6) is 1.20. The lowest BCUT2D eigenvalue weighted by Crippen LogP contribution is -1.97. The first-order chi connectivity index (χ1) is 25.2. The number of benzene rings is 7. The Kier molecular flexibility index (Phi) is 6.45. The van der Waals surface area contributed by atoms with Crippen LogP contribution in [0.4, 0.5) is 0 Å². The van der Waals surface area contributed by atoms with Crippen molar-refractivity contribution in [3.8, 4) is 56.9 Å². The number of fused-ring (bicyclic) bond motifs is 5. The van der Waals surface area contributed by atoms with Crippen LogP contribution < -0.4 is 0 Å². The van der Waals surface area contributed by atoms with Crippen molar-refractivity contribution in [1.29, 1.82) is 5.26 Å². The van der Waals surface area contributed by atoms with Gasteiger partial charge in [-0.05, 0) is 107 Å². The molecular weight excluding hydrogens is 629 g/mol. The molecule has 0 aliphatic carbocycles. The van der Waals surface area contributed by atoms with E-state index in [0.717, 1.165) is 83.1 Å². The van der Waals surface area contributed by atoms with E-state index in [9.17, 15) is 5.26 Å². The summed E-state index contributed by atoms with van der Waals surface area (Å²) in [5.41, 5.74) is 12.7. The van der Waals surface area contributed by atoms with Crippen LogP contribution in [0.15, 0.2) is 167 Å². The van der Waals surface area contributed by atoms with Crippen molar-refractivity contribution in [2.24, 2.45) is 0 Å². The predicted octanol–water partition coefficient (Wildman–Crippen LogP) is 11.6. The molecule has 0 aliphatic rings. The fourth-order valence-corrected chi connectivity index (χ4v) is 7.03. The number of hydrogen-bond donors (Lipinski definition) is 0. The van der Waals surface area contributed by atoms with Gasteiger partial charge in [0.25, 0.3) is 0 Å². The first kappa shape index (κ1) is 28.8. The lowest BCUT2D eigenvalue weighted by atomic mass is 10.00. The maximum Gasteiger partial charge on any atom is 0.227 e. The van der Waals surface area contributed by atoms with Crippen LogP contribution in [-0.4, -0.2) is 14.5 Å². The number of nitriles is 1. The van der Waals surface area contributed by atoms with Crippen molar-refractivity contribution < 1.29 is 8.83 Å². The van der Waals surface area contributed by atoms with E-state index in [1.165, 1.54) is 0 Å². The molecule has 3 heterocycles. The van der Waals surface area contributed by atoms with E-state index in [4.69, 9.17) is 18.8 Å². The van der Waals surface area contributed by atoms with Crippen LogP contribution in [-0.2, 0) is 0 Å². The van der Waals surface area contributed by atoms with Gasteiger partial charge in [0.15, 0.2) is 11.2 Å². The number of hydrogen-bond acceptors (Lipinski definition) is 5. The minimum atomic E-state index is 0.602. The molecule has 0 amide bonds. The molecule has 0 aliphatic heterocycles. The van der Waals surface area contributed by atoms with Gasteiger partial charge in [0.05, 0.1) is 22.3 Å². The van der Waals surface area contributed by atoms with E-state index in [2.05, 4.69) is 71.3 Å². The summed E-state index contributed by atoms with van der Waals surface area (Å²) in [6.07, 6.45) is 0. The van der Waals surface area contributed by atoms with E-state index in [1.807, 2.05) is 97.1 Å². The molecule has 0 bridgehead atoms. The highest BCUT2D eigenvalue weighted by atomic mass is 16.4. The molecule has 0 saturated carbocycles. The summed E-state index contributed by atoms with van der Waals surface area (Å²) in [6, 6.07) is 55.4. The highest BCUT2D eigenvalue weighted by Crippen LogP contribution is 2.39. The maximum atomic E-state index is 10.1. The van der Waals surface area contributed by atoms with Crippen molar-refractivity contribution in [3.05, 3.63) is 163 Å². The Balaban J connectivity index is 1.14. The summed E-state index contributed by atoms with van der Waals surface area (Å²) in [5, 5.41) is 12.2. The van der Waals surface area contributed by atoms with Crippen LogP contribution in [0.1, 0.15) is 5.56 Å². The summed E-state index contributed by atoms with van der Waals surface area (Å²) < 4.78 is 14.4. The molecule has 51 heavy (non-hydrogen) atoms. The Morgan fingerprint density at radius 3 is 1.41 bits per heavy atom. The van der Waals surface area contributed by atoms with Crippen LogP contribution in [0, 0.1) is 11.3 Å². The Morgan fingerprint density at radius 2 is 0.902 bits per heavy atom. The van der Waals surface area contributed by atoms with Gasteiger partial charge in [-0.25, -0.2) is 9.97 Å². The molecule has 0 atom stereocenters. The summed E-state index contributed by atoms with van der Waals surface area (Å²) >= 11 is 0. The second kappa shape index (κ2) is 11.4. The maximum absolute atomic E-state index is 10.1. The molecule has 0 unspecified atom stereocenters. The van der Waals surface area contributed by atoms with Crippen molar-refractivity contribution in [2.45, 2.75) is 0 Å². The molecule has 0 N–H and O–H groups in total. The third-order valence-electron chi connectivity index (χ3n) is 9.51. The Labute approximate surface area is 292 Å². The van der Waals surface area contributed by atoms with Crippen LogP contribution in [0.25, 0.3) is 94.9 Å². The molecular formula is C45H26N4O2. The number of oxazole rings is 2. The van der Waals surface area contributed by atoms with E-state index >= 15 is 0 Å². The van der Waals surface area contributed by atoms with Crippen LogP contribution in [0.2, 0.25) is 0 Å². The molecule has 10 aromatic rings. The molecule has 6 heteroatoms. The van der Waals surface area contributed by atoms with Crippen LogP contribution in [0.3, 0.4) is 0 Å². The number of aromatic nitrogens is 3. The topological polar surface area (TPSA) is 80.8 Å². The molecule has 0 fully saturated rings. The quantitative estimate of drug-likeness (QED) is 0.184.